The van der Waals surface area contributed by atoms with Crippen LogP contribution in [0.25, 0.3) is 10.3 Å². The van der Waals surface area contributed by atoms with Crippen LogP contribution in [0.5, 0.6) is 0 Å². The first-order chi connectivity index (χ1) is 12.0. The number of carbonyl (C=O) groups is 1. The fourth-order valence-corrected chi connectivity index (χ4v) is 3.00. The van der Waals surface area contributed by atoms with Gasteiger partial charge < -0.3 is 10.6 Å². The molecule has 0 spiro atoms. The van der Waals surface area contributed by atoms with Crippen LogP contribution in [0, 0.1) is 23.0 Å². The number of thiazole rings is 1. The lowest BCUT2D eigenvalue weighted by molar-refractivity contribution is -0.114. The molecule has 0 atom stereocenters. The Kier molecular flexibility index (Phi) is 4.74. The van der Waals surface area contributed by atoms with Crippen molar-refractivity contribution in [3.8, 4) is 6.07 Å². The van der Waals surface area contributed by atoms with Gasteiger partial charge in [-0.25, -0.2) is 18.7 Å². The minimum Gasteiger partial charge on any atom is -0.352 e. The Morgan fingerprint density at radius 1 is 1.28 bits per heavy atom. The van der Waals surface area contributed by atoms with E-state index in [0.717, 1.165) is 12.1 Å². The fraction of sp³-hybridized carbons (Fsp3) is 0.0667. The smallest absolute Gasteiger partial charge is 0.243 e. The summed E-state index contributed by atoms with van der Waals surface area (Å²) in [5.41, 5.74) is -0.400. The number of carbonyl (C=O) groups excluding carboxylic acids is 1. The monoisotopic (exact) mass is 379 g/mol. The number of hydrogen-bond acceptors (Lipinski definition) is 6. The van der Waals surface area contributed by atoms with E-state index in [0.29, 0.717) is 20.6 Å². The third-order valence-corrected chi connectivity index (χ3v) is 4.23. The second-order valence-corrected chi connectivity index (χ2v) is 6.14. The van der Waals surface area contributed by atoms with Gasteiger partial charge in [-0.3, -0.25) is 4.79 Å². The van der Waals surface area contributed by atoms with E-state index in [-0.39, 0.29) is 12.2 Å². The zero-order chi connectivity index (χ0) is 18.0. The van der Waals surface area contributed by atoms with Crippen molar-refractivity contribution < 1.29 is 13.6 Å². The average Bonchev–Trinajstić information content (AvgIpc) is 2.98. The Hall–Kier alpha value is -2.83. The normalized spacial score (nSPS) is 10.5. The lowest BCUT2D eigenvalue weighted by Crippen LogP contribution is -2.22. The highest BCUT2D eigenvalue weighted by Gasteiger charge is 2.15. The van der Waals surface area contributed by atoms with Crippen LogP contribution in [0.3, 0.4) is 0 Å². The maximum atomic E-state index is 13.9. The van der Waals surface area contributed by atoms with E-state index in [1.165, 1.54) is 17.4 Å². The van der Waals surface area contributed by atoms with Crippen molar-refractivity contribution in [1.82, 2.24) is 9.97 Å². The van der Waals surface area contributed by atoms with E-state index >= 15 is 0 Å². The summed E-state index contributed by atoms with van der Waals surface area (Å²) in [7, 11) is 0. The lowest BCUT2D eigenvalue weighted by Gasteiger charge is -2.08. The van der Waals surface area contributed by atoms with Crippen molar-refractivity contribution in [2.24, 2.45) is 0 Å². The van der Waals surface area contributed by atoms with Gasteiger partial charge in [0.2, 0.25) is 5.91 Å². The first kappa shape index (κ1) is 17.0. The van der Waals surface area contributed by atoms with Crippen LogP contribution in [0.4, 0.5) is 19.6 Å². The van der Waals surface area contributed by atoms with E-state index in [9.17, 15) is 13.6 Å². The number of hydrogen-bond donors (Lipinski definition) is 2. The summed E-state index contributed by atoms with van der Waals surface area (Å²) in [6.45, 7) is -0.202. The second-order valence-electron chi connectivity index (χ2n) is 4.77. The van der Waals surface area contributed by atoms with Gasteiger partial charge in [-0.2, -0.15) is 5.26 Å². The molecule has 0 saturated carbocycles. The molecule has 0 bridgehead atoms. The minimum absolute atomic E-state index is 0.202. The van der Waals surface area contributed by atoms with Gasteiger partial charge >= 0.3 is 0 Å². The molecule has 2 heterocycles. The quantitative estimate of drug-likeness (QED) is 0.676. The zero-order valence-corrected chi connectivity index (χ0v) is 13.9. The molecule has 0 radical (unpaired) electrons. The molecule has 2 N–H and O–H groups in total. The molecule has 1 aromatic carbocycles. The van der Waals surface area contributed by atoms with Gasteiger partial charge in [0.15, 0.2) is 10.9 Å². The number of nitriles is 1. The number of anilines is 2. The van der Waals surface area contributed by atoms with Crippen molar-refractivity contribution in [3.05, 3.63) is 46.6 Å². The van der Waals surface area contributed by atoms with E-state index in [1.807, 2.05) is 0 Å². The highest BCUT2D eigenvalue weighted by Crippen LogP contribution is 2.25. The van der Waals surface area contributed by atoms with Crippen LogP contribution in [0.15, 0.2) is 24.3 Å². The summed E-state index contributed by atoms with van der Waals surface area (Å²) in [5, 5.41) is 14.6. The first-order valence-corrected chi connectivity index (χ1v) is 8.02. The third-order valence-electron chi connectivity index (χ3n) is 3.10. The Morgan fingerprint density at radius 2 is 2.08 bits per heavy atom. The molecule has 1 amide bonds. The molecule has 3 aromatic rings. The number of nitrogens with one attached hydrogen (secondary N) is 2. The van der Waals surface area contributed by atoms with E-state index in [1.54, 1.807) is 12.1 Å². The van der Waals surface area contributed by atoms with E-state index in [2.05, 4.69) is 20.6 Å². The number of pyridine rings is 1. The SMILES string of the molecule is N#Cc1c(F)ccc(NC(=O)CNc2nc3ccc(Cl)nc3s2)c1F. The van der Waals surface area contributed by atoms with E-state index < -0.39 is 23.1 Å². The van der Waals surface area contributed by atoms with Crippen LogP contribution < -0.4 is 10.6 Å². The van der Waals surface area contributed by atoms with Crippen molar-refractivity contribution in [1.29, 1.82) is 5.26 Å². The summed E-state index contributed by atoms with van der Waals surface area (Å²) in [4.78, 5) is 20.8. The van der Waals surface area contributed by atoms with Crippen molar-refractivity contribution in [2.45, 2.75) is 0 Å². The summed E-state index contributed by atoms with van der Waals surface area (Å²) < 4.78 is 27.2. The van der Waals surface area contributed by atoms with Gasteiger partial charge in [0.25, 0.3) is 0 Å². The van der Waals surface area contributed by atoms with Gasteiger partial charge in [-0.05, 0) is 24.3 Å². The van der Waals surface area contributed by atoms with Crippen LogP contribution in [0.1, 0.15) is 5.56 Å². The molecule has 0 fully saturated rings. The van der Waals surface area contributed by atoms with Gasteiger partial charge in [0.1, 0.15) is 33.0 Å². The highest BCUT2D eigenvalue weighted by molar-refractivity contribution is 7.21. The molecular formula is C15H8ClF2N5OS. The summed E-state index contributed by atoms with van der Waals surface area (Å²) in [6.07, 6.45) is 0. The molecule has 0 saturated heterocycles. The van der Waals surface area contributed by atoms with Crippen LogP contribution in [-0.2, 0) is 4.79 Å². The molecular weight excluding hydrogens is 372 g/mol. The molecule has 0 unspecified atom stereocenters. The lowest BCUT2D eigenvalue weighted by atomic mass is 10.2. The maximum Gasteiger partial charge on any atom is 0.243 e. The number of benzene rings is 1. The highest BCUT2D eigenvalue weighted by atomic mass is 35.5. The van der Waals surface area contributed by atoms with Gasteiger partial charge in [-0.15, -0.1) is 0 Å². The van der Waals surface area contributed by atoms with Gasteiger partial charge in [0, 0.05) is 0 Å². The Bertz CT molecular complexity index is 1020. The largest absolute Gasteiger partial charge is 0.352 e. The average molecular weight is 380 g/mol. The number of fused-ring (bicyclic) bond motifs is 1. The summed E-state index contributed by atoms with van der Waals surface area (Å²) in [6, 6.07) is 6.67. The molecule has 2 aromatic heterocycles. The zero-order valence-electron chi connectivity index (χ0n) is 12.3. The number of nitrogens with zero attached hydrogens (tertiary/aromatic N) is 3. The predicted octanol–water partition coefficient (Wildman–Crippen LogP) is 3.55. The molecule has 10 heteroatoms. The second kappa shape index (κ2) is 6.96. The fourth-order valence-electron chi connectivity index (χ4n) is 1.97. The topological polar surface area (TPSA) is 90.7 Å². The number of halogens is 3. The van der Waals surface area contributed by atoms with Crippen LogP contribution in [0.2, 0.25) is 5.15 Å². The summed E-state index contributed by atoms with van der Waals surface area (Å²) >= 11 is 7.00. The van der Waals surface area contributed by atoms with Crippen molar-refractivity contribution in [2.75, 3.05) is 17.2 Å². The molecule has 6 nitrogen and oxygen atoms in total. The molecule has 0 aliphatic carbocycles. The predicted molar refractivity (Wildman–Crippen MR) is 90.6 cm³/mol. The molecule has 25 heavy (non-hydrogen) atoms. The van der Waals surface area contributed by atoms with Crippen LogP contribution >= 0.6 is 22.9 Å². The maximum absolute atomic E-state index is 13.9. The Balaban J connectivity index is 1.67. The van der Waals surface area contributed by atoms with Gasteiger partial charge in [-0.1, -0.05) is 22.9 Å². The Morgan fingerprint density at radius 3 is 2.84 bits per heavy atom. The molecule has 0 aliphatic heterocycles. The minimum atomic E-state index is -1.12. The van der Waals surface area contributed by atoms with Crippen LogP contribution in [-0.4, -0.2) is 22.4 Å². The standard InChI is InChI=1S/C15H8ClF2N5OS/c16-11-4-3-10-14(23-11)25-15(22-10)20-6-12(24)21-9-2-1-8(17)7(5-19)13(9)18/h1-4H,6H2,(H,20,22)(H,21,24). The van der Waals surface area contributed by atoms with Gasteiger partial charge in [0.05, 0.1) is 12.2 Å². The number of amides is 1. The van der Waals surface area contributed by atoms with Crippen molar-refractivity contribution >= 4 is 50.0 Å². The number of rotatable bonds is 4. The molecule has 126 valence electrons. The first-order valence-electron chi connectivity index (χ1n) is 6.83. The molecule has 3 rings (SSSR count). The molecule has 0 aliphatic rings. The Labute approximate surface area is 149 Å². The third kappa shape index (κ3) is 3.65. The number of aromatic nitrogens is 2. The van der Waals surface area contributed by atoms with Crippen molar-refractivity contribution in [3.63, 3.8) is 0 Å². The summed E-state index contributed by atoms with van der Waals surface area (Å²) in [5.74, 6) is -2.69. The van der Waals surface area contributed by atoms with E-state index in [4.69, 9.17) is 16.9 Å².